The highest BCUT2D eigenvalue weighted by Crippen LogP contribution is 2.26. The molecule has 3 nitrogen and oxygen atoms in total. The predicted molar refractivity (Wildman–Crippen MR) is 79.7 cm³/mol. The summed E-state index contributed by atoms with van der Waals surface area (Å²) in [6, 6.07) is 6.80. The number of anilines is 2. The maximum absolute atomic E-state index is 3.46. The molecule has 2 rings (SSSR count). The summed E-state index contributed by atoms with van der Waals surface area (Å²) in [5, 5.41) is 3.46. The van der Waals surface area contributed by atoms with Crippen LogP contribution in [0.5, 0.6) is 0 Å². The topological polar surface area (TPSA) is 18.5 Å². The lowest BCUT2D eigenvalue weighted by molar-refractivity contribution is 0.401. The zero-order valence-corrected chi connectivity index (χ0v) is 11.9. The second-order valence-corrected chi connectivity index (χ2v) is 5.45. The fourth-order valence-electron chi connectivity index (χ4n) is 2.45. The molecule has 0 saturated carbocycles. The number of rotatable bonds is 5. The molecule has 18 heavy (non-hydrogen) atoms. The van der Waals surface area contributed by atoms with Crippen LogP contribution in [0, 0.1) is 0 Å². The highest BCUT2D eigenvalue weighted by Gasteiger charge is 2.10. The second-order valence-electron chi connectivity index (χ2n) is 5.45. The molecule has 0 unspecified atom stereocenters. The molecule has 1 aromatic carbocycles. The molecule has 0 aromatic heterocycles. The van der Waals surface area contributed by atoms with Crippen LogP contribution in [0.2, 0.25) is 0 Å². The maximum atomic E-state index is 3.46. The lowest BCUT2D eigenvalue weighted by Gasteiger charge is -2.24. The predicted octanol–water partition coefficient (Wildman–Crippen LogP) is 2.43. The first kappa shape index (κ1) is 13.2. The Morgan fingerprint density at radius 2 is 2.00 bits per heavy atom. The smallest absolute Gasteiger partial charge is 0.0374 e. The first-order chi connectivity index (χ1) is 8.66. The number of nitrogens with zero attached hydrogens (tertiary/aromatic N) is 2. The molecule has 0 atom stereocenters. The Morgan fingerprint density at radius 3 is 2.78 bits per heavy atom. The van der Waals surface area contributed by atoms with Crippen LogP contribution >= 0.6 is 0 Å². The minimum absolute atomic E-state index is 1.12. The number of fused-ring (bicyclic) bond motifs is 1. The zero-order valence-electron chi connectivity index (χ0n) is 11.9. The van der Waals surface area contributed by atoms with Gasteiger partial charge in [0.2, 0.25) is 0 Å². The van der Waals surface area contributed by atoms with Crippen LogP contribution in [-0.2, 0) is 6.42 Å². The monoisotopic (exact) mass is 247 g/mol. The van der Waals surface area contributed by atoms with Gasteiger partial charge in [0.15, 0.2) is 0 Å². The van der Waals surface area contributed by atoms with Gasteiger partial charge in [-0.05, 0) is 63.7 Å². The number of hydrogen-bond acceptors (Lipinski definition) is 3. The van der Waals surface area contributed by atoms with Gasteiger partial charge in [0.05, 0.1) is 0 Å². The molecule has 100 valence electrons. The van der Waals surface area contributed by atoms with Crippen LogP contribution in [0.3, 0.4) is 0 Å². The Hall–Kier alpha value is -1.22. The molecule has 0 spiro atoms. The highest BCUT2D eigenvalue weighted by atomic mass is 15.1. The molecular weight excluding hydrogens is 222 g/mol. The Balaban J connectivity index is 1.95. The second kappa shape index (κ2) is 6.10. The Bertz CT molecular complexity index is 387. The number of hydrogen-bond donors (Lipinski definition) is 1. The van der Waals surface area contributed by atoms with Gasteiger partial charge >= 0.3 is 0 Å². The van der Waals surface area contributed by atoms with E-state index >= 15 is 0 Å². The molecule has 0 aliphatic carbocycles. The molecule has 1 aliphatic rings. The molecule has 0 bridgehead atoms. The molecular formula is C15H25N3. The number of nitrogens with one attached hydrogen (secondary N) is 1. The summed E-state index contributed by atoms with van der Waals surface area (Å²) in [7, 11) is 6.45. The summed E-state index contributed by atoms with van der Waals surface area (Å²) < 4.78 is 0. The van der Waals surface area contributed by atoms with Gasteiger partial charge in [-0.3, -0.25) is 0 Å². The fraction of sp³-hybridized carbons (Fsp3) is 0.600. The third-order valence-corrected chi connectivity index (χ3v) is 3.57. The largest absolute Gasteiger partial charge is 0.385 e. The van der Waals surface area contributed by atoms with Crippen molar-refractivity contribution in [2.24, 2.45) is 0 Å². The number of benzene rings is 1. The Labute approximate surface area is 111 Å². The van der Waals surface area contributed by atoms with Crippen molar-refractivity contribution in [2.45, 2.75) is 19.3 Å². The van der Waals surface area contributed by atoms with E-state index in [2.05, 4.69) is 54.5 Å². The van der Waals surface area contributed by atoms with E-state index in [1.807, 2.05) is 0 Å². The molecule has 1 N–H and O–H groups in total. The lowest BCUT2D eigenvalue weighted by atomic mass is 10.0. The maximum Gasteiger partial charge on any atom is 0.0374 e. The van der Waals surface area contributed by atoms with Gasteiger partial charge in [-0.25, -0.2) is 0 Å². The lowest BCUT2D eigenvalue weighted by Crippen LogP contribution is -2.23. The van der Waals surface area contributed by atoms with Crippen molar-refractivity contribution < 1.29 is 0 Å². The van der Waals surface area contributed by atoms with Gasteiger partial charge < -0.3 is 15.1 Å². The van der Waals surface area contributed by atoms with Crippen LogP contribution in [0.4, 0.5) is 11.4 Å². The van der Waals surface area contributed by atoms with Crippen molar-refractivity contribution in [1.29, 1.82) is 0 Å². The zero-order chi connectivity index (χ0) is 13.0. The molecule has 3 heteroatoms. The van der Waals surface area contributed by atoms with Gasteiger partial charge in [0.25, 0.3) is 0 Å². The van der Waals surface area contributed by atoms with E-state index < -0.39 is 0 Å². The van der Waals surface area contributed by atoms with Crippen LogP contribution in [-0.4, -0.2) is 45.7 Å². The molecule has 0 amide bonds. The van der Waals surface area contributed by atoms with Crippen molar-refractivity contribution >= 4 is 11.4 Å². The van der Waals surface area contributed by atoms with Gasteiger partial charge in [-0.1, -0.05) is 0 Å². The SMILES string of the molecule is CN(C)CCCN(C)c1ccc2c(c1)CCCN2. The Kier molecular flexibility index (Phi) is 4.48. The third-order valence-electron chi connectivity index (χ3n) is 3.57. The van der Waals surface area contributed by atoms with Gasteiger partial charge in [-0.15, -0.1) is 0 Å². The van der Waals surface area contributed by atoms with Gasteiger partial charge in [0.1, 0.15) is 0 Å². The summed E-state index contributed by atoms with van der Waals surface area (Å²) in [5.41, 5.74) is 4.14. The van der Waals surface area contributed by atoms with Crippen LogP contribution in [0.25, 0.3) is 0 Å². The third kappa shape index (κ3) is 3.39. The van der Waals surface area contributed by atoms with E-state index in [0.717, 1.165) is 19.6 Å². The van der Waals surface area contributed by atoms with Crippen molar-refractivity contribution in [2.75, 3.05) is 51.0 Å². The van der Waals surface area contributed by atoms with E-state index in [0.29, 0.717) is 0 Å². The molecule has 0 fully saturated rings. The van der Waals surface area contributed by atoms with Crippen LogP contribution in [0.15, 0.2) is 18.2 Å². The van der Waals surface area contributed by atoms with E-state index in [4.69, 9.17) is 0 Å². The minimum atomic E-state index is 1.12. The molecule has 1 heterocycles. The first-order valence-electron chi connectivity index (χ1n) is 6.89. The normalized spacial score (nSPS) is 14.2. The van der Waals surface area contributed by atoms with Crippen molar-refractivity contribution in [3.05, 3.63) is 23.8 Å². The van der Waals surface area contributed by atoms with E-state index in [9.17, 15) is 0 Å². The quantitative estimate of drug-likeness (QED) is 0.862. The van der Waals surface area contributed by atoms with E-state index in [-0.39, 0.29) is 0 Å². The summed E-state index contributed by atoms with van der Waals surface area (Å²) in [5.74, 6) is 0. The van der Waals surface area contributed by atoms with Crippen molar-refractivity contribution in [1.82, 2.24) is 4.90 Å². The first-order valence-corrected chi connectivity index (χ1v) is 6.89. The summed E-state index contributed by atoms with van der Waals surface area (Å²) in [6.07, 6.45) is 3.67. The van der Waals surface area contributed by atoms with Gasteiger partial charge in [-0.2, -0.15) is 0 Å². The van der Waals surface area contributed by atoms with Crippen molar-refractivity contribution in [3.8, 4) is 0 Å². The van der Waals surface area contributed by atoms with Crippen LogP contribution < -0.4 is 10.2 Å². The molecule has 1 aliphatic heterocycles. The molecule has 0 saturated heterocycles. The van der Waals surface area contributed by atoms with E-state index in [1.165, 1.54) is 36.2 Å². The van der Waals surface area contributed by atoms with Crippen LogP contribution in [0.1, 0.15) is 18.4 Å². The average Bonchev–Trinajstić information content (AvgIpc) is 2.37. The fourth-order valence-corrected chi connectivity index (χ4v) is 2.45. The van der Waals surface area contributed by atoms with Crippen molar-refractivity contribution in [3.63, 3.8) is 0 Å². The summed E-state index contributed by atoms with van der Waals surface area (Å²) in [6.45, 7) is 3.38. The highest BCUT2D eigenvalue weighted by molar-refractivity contribution is 5.61. The average molecular weight is 247 g/mol. The standard InChI is InChI=1S/C15H25N3/c1-17(2)10-5-11-18(3)14-7-8-15-13(12-14)6-4-9-16-15/h7-8,12,16H,4-6,9-11H2,1-3H3. The van der Waals surface area contributed by atoms with Gasteiger partial charge in [0, 0.05) is 31.5 Å². The molecule has 0 radical (unpaired) electrons. The minimum Gasteiger partial charge on any atom is -0.385 e. The number of aryl methyl sites for hydroxylation is 1. The Morgan fingerprint density at radius 1 is 1.17 bits per heavy atom. The van der Waals surface area contributed by atoms with E-state index in [1.54, 1.807) is 0 Å². The molecule has 1 aromatic rings. The summed E-state index contributed by atoms with van der Waals surface area (Å²) in [4.78, 5) is 4.60. The summed E-state index contributed by atoms with van der Waals surface area (Å²) >= 11 is 0.